The van der Waals surface area contributed by atoms with Crippen molar-refractivity contribution in [3.05, 3.63) is 53.7 Å². The van der Waals surface area contributed by atoms with Crippen molar-refractivity contribution in [2.24, 2.45) is 0 Å². The number of methoxy groups -OCH3 is 1. The number of furan rings is 1. The fourth-order valence-corrected chi connectivity index (χ4v) is 1.97. The third-order valence-electron chi connectivity index (χ3n) is 3.01. The van der Waals surface area contributed by atoms with Crippen LogP contribution in [0.2, 0.25) is 0 Å². The van der Waals surface area contributed by atoms with Crippen LogP contribution in [0.15, 0.2) is 41.0 Å². The number of carbonyl (C=O) groups is 1. The topological polar surface area (TPSA) is 51.5 Å². The summed E-state index contributed by atoms with van der Waals surface area (Å²) < 4.78 is 23.3. The zero-order valence-corrected chi connectivity index (χ0v) is 11.4. The highest BCUT2D eigenvalue weighted by atomic mass is 19.1. The van der Waals surface area contributed by atoms with Crippen LogP contribution in [0, 0.1) is 5.82 Å². The van der Waals surface area contributed by atoms with Gasteiger partial charge in [0.05, 0.1) is 25.0 Å². The lowest BCUT2D eigenvalue weighted by molar-refractivity contribution is 0.0601. The molecule has 106 valence electrons. The van der Waals surface area contributed by atoms with Crippen LogP contribution in [0.3, 0.4) is 0 Å². The first-order valence-corrected chi connectivity index (χ1v) is 6.33. The van der Waals surface area contributed by atoms with E-state index in [0.717, 1.165) is 18.2 Å². The number of hydrogen-bond donors (Lipinski definition) is 1. The molecule has 1 aromatic carbocycles. The quantitative estimate of drug-likeness (QED) is 0.845. The highest BCUT2D eigenvalue weighted by molar-refractivity contribution is 5.95. The van der Waals surface area contributed by atoms with Gasteiger partial charge in [-0.3, -0.25) is 0 Å². The molecule has 20 heavy (non-hydrogen) atoms. The van der Waals surface area contributed by atoms with Gasteiger partial charge in [0.25, 0.3) is 0 Å². The van der Waals surface area contributed by atoms with Gasteiger partial charge in [0.15, 0.2) is 0 Å². The van der Waals surface area contributed by atoms with Gasteiger partial charge in [-0.15, -0.1) is 0 Å². The Bertz CT molecular complexity index is 581. The minimum Gasteiger partial charge on any atom is -0.467 e. The Hall–Kier alpha value is -2.30. The number of anilines is 1. The molecule has 2 rings (SSSR count). The summed E-state index contributed by atoms with van der Waals surface area (Å²) in [6.07, 6.45) is 2.34. The highest BCUT2D eigenvalue weighted by Gasteiger charge is 2.18. The van der Waals surface area contributed by atoms with Gasteiger partial charge in [-0.25, -0.2) is 9.18 Å². The maximum absolute atomic E-state index is 13.3. The summed E-state index contributed by atoms with van der Waals surface area (Å²) >= 11 is 0. The Morgan fingerprint density at radius 2 is 2.25 bits per heavy atom. The second-order valence-corrected chi connectivity index (χ2v) is 4.30. The standard InChI is InChI=1S/C15H16FNO3/c1-3-12(14-5-4-8-20-14)17-13-7-6-10(16)9-11(13)15(18)19-2/h4-9,12,17H,3H2,1-2H3. The van der Waals surface area contributed by atoms with Crippen molar-refractivity contribution >= 4 is 11.7 Å². The SMILES string of the molecule is CCC(Nc1ccc(F)cc1C(=O)OC)c1ccco1. The number of hydrogen-bond acceptors (Lipinski definition) is 4. The van der Waals surface area contributed by atoms with E-state index in [1.165, 1.54) is 19.2 Å². The van der Waals surface area contributed by atoms with Gasteiger partial charge < -0.3 is 14.5 Å². The van der Waals surface area contributed by atoms with E-state index in [-0.39, 0.29) is 11.6 Å². The van der Waals surface area contributed by atoms with Crippen molar-refractivity contribution in [2.45, 2.75) is 19.4 Å². The average Bonchev–Trinajstić information content (AvgIpc) is 2.99. The van der Waals surface area contributed by atoms with E-state index < -0.39 is 11.8 Å². The molecule has 1 unspecified atom stereocenters. The number of ether oxygens (including phenoxy) is 1. The molecule has 0 spiro atoms. The summed E-state index contributed by atoms with van der Waals surface area (Å²) in [7, 11) is 1.26. The van der Waals surface area contributed by atoms with E-state index in [1.807, 2.05) is 13.0 Å². The molecule has 5 heteroatoms. The Morgan fingerprint density at radius 1 is 1.45 bits per heavy atom. The van der Waals surface area contributed by atoms with Crippen LogP contribution < -0.4 is 5.32 Å². The number of esters is 1. The fourth-order valence-electron chi connectivity index (χ4n) is 1.97. The van der Waals surface area contributed by atoms with E-state index >= 15 is 0 Å². The van der Waals surface area contributed by atoms with Crippen molar-refractivity contribution in [1.29, 1.82) is 0 Å². The molecular formula is C15H16FNO3. The van der Waals surface area contributed by atoms with Crippen molar-refractivity contribution in [3.63, 3.8) is 0 Å². The second-order valence-electron chi connectivity index (χ2n) is 4.30. The first kappa shape index (κ1) is 14.1. The normalized spacial score (nSPS) is 11.9. The highest BCUT2D eigenvalue weighted by Crippen LogP contribution is 2.26. The van der Waals surface area contributed by atoms with Crippen LogP contribution in [0.25, 0.3) is 0 Å². The van der Waals surface area contributed by atoms with Gasteiger partial charge >= 0.3 is 5.97 Å². The first-order valence-electron chi connectivity index (χ1n) is 6.33. The molecule has 1 aromatic heterocycles. The van der Waals surface area contributed by atoms with E-state index in [0.29, 0.717) is 5.69 Å². The van der Waals surface area contributed by atoms with Gasteiger partial charge in [0.1, 0.15) is 11.6 Å². The maximum Gasteiger partial charge on any atom is 0.340 e. The minimum absolute atomic E-state index is 0.0983. The molecule has 0 radical (unpaired) electrons. The Morgan fingerprint density at radius 3 is 2.85 bits per heavy atom. The van der Waals surface area contributed by atoms with Gasteiger partial charge in [-0.2, -0.15) is 0 Å². The van der Waals surface area contributed by atoms with E-state index in [1.54, 1.807) is 12.3 Å². The molecule has 1 heterocycles. The zero-order chi connectivity index (χ0) is 14.5. The average molecular weight is 277 g/mol. The molecule has 0 aliphatic heterocycles. The zero-order valence-electron chi connectivity index (χ0n) is 11.4. The summed E-state index contributed by atoms with van der Waals surface area (Å²) in [6, 6.07) is 7.52. The van der Waals surface area contributed by atoms with E-state index in [2.05, 4.69) is 10.1 Å². The molecule has 0 fully saturated rings. The van der Waals surface area contributed by atoms with Crippen LogP contribution in [-0.2, 0) is 4.74 Å². The number of nitrogens with one attached hydrogen (secondary N) is 1. The van der Waals surface area contributed by atoms with Crippen molar-refractivity contribution < 1.29 is 18.3 Å². The Labute approximate surface area is 116 Å². The smallest absolute Gasteiger partial charge is 0.340 e. The molecule has 1 atom stereocenters. The third-order valence-corrected chi connectivity index (χ3v) is 3.01. The summed E-state index contributed by atoms with van der Waals surface area (Å²) in [5.41, 5.74) is 0.680. The number of rotatable bonds is 5. The van der Waals surface area contributed by atoms with Gasteiger partial charge in [0.2, 0.25) is 0 Å². The minimum atomic E-state index is -0.582. The van der Waals surface area contributed by atoms with Gasteiger partial charge in [-0.05, 0) is 36.8 Å². The number of carbonyl (C=O) groups excluding carboxylic acids is 1. The Kier molecular flexibility index (Phi) is 4.40. The van der Waals surface area contributed by atoms with E-state index in [4.69, 9.17) is 4.42 Å². The van der Waals surface area contributed by atoms with Crippen LogP contribution in [0.5, 0.6) is 0 Å². The maximum atomic E-state index is 13.3. The van der Waals surface area contributed by atoms with Crippen molar-refractivity contribution in [2.75, 3.05) is 12.4 Å². The predicted molar refractivity (Wildman–Crippen MR) is 73.1 cm³/mol. The molecule has 0 saturated carbocycles. The molecule has 2 aromatic rings. The second kappa shape index (κ2) is 6.23. The van der Waals surface area contributed by atoms with Crippen LogP contribution in [0.1, 0.15) is 35.5 Å². The molecule has 0 amide bonds. The summed E-state index contributed by atoms with van der Waals surface area (Å²) in [5, 5.41) is 3.18. The third kappa shape index (κ3) is 2.99. The molecular weight excluding hydrogens is 261 g/mol. The molecule has 0 saturated heterocycles. The monoisotopic (exact) mass is 277 g/mol. The molecule has 1 N–H and O–H groups in total. The summed E-state index contributed by atoms with van der Waals surface area (Å²) in [5.74, 6) is -0.309. The van der Waals surface area contributed by atoms with Crippen molar-refractivity contribution in [3.8, 4) is 0 Å². The Balaban J connectivity index is 2.30. The molecule has 0 bridgehead atoms. The molecule has 0 aliphatic carbocycles. The largest absolute Gasteiger partial charge is 0.467 e. The number of benzene rings is 1. The first-order chi connectivity index (χ1) is 9.65. The van der Waals surface area contributed by atoms with E-state index in [9.17, 15) is 9.18 Å². The fraction of sp³-hybridized carbons (Fsp3) is 0.267. The van der Waals surface area contributed by atoms with Gasteiger partial charge in [0, 0.05) is 5.69 Å². The molecule has 4 nitrogen and oxygen atoms in total. The lowest BCUT2D eigenvalue weighted by atomic mass is 10.1. The lowest BCUT2D eigenvalue weighted by Crippen LogP contribution is -2.13. The van der Waals surface area contributed by atoms with Crippen LogP contribution >= 0.6 is 0 Å². The van der Waals surface area contributed by atoms with Gasteiger partial charge in [-0.1, -0.05) is 6.92 Å². The van der Waals surface area contributed by atoms with Crippen molar-refractivity contribution in [1.82, 2.24) is 0 Å². The summed E-state index contributed by atoms with van der Waals surface area (Å²) in [4.78, 5) is 11.7. The lowest BCUT2D eigenvalue weighted by Gasteiger charge is -2.18. The van der Waals surface area contributed by atoms with Crippen LogP contribution in [-0.4, -0.2) is 13.1 Å². The summed E-state index contributed by atoms with van der Waals surface area (Å²) in [6.45, 7) is 1.99. The van der Waals surface area contributed by atoms with Crippen LogP contribution in [0.4, 0.5) is 10.1 Å². The predicted octanol–water partition coefficient (Wildman–Crippen LogP) is 3.77. The molecule has 0 aliphatic rings. The number of halogens is 1.